The van der Waals surface area contributed by atoms with Crippen LogP contribution in [0.15, 0.2) is 54.6 Å². The molecule has 2 aromatic rings. The molecule has 0 radical (unpaired) electrons. The second-order valence-electron chi connectivity index (χ2n) is 4.41. The maximum absolute atomic E-state index is 11.9. The third-order valence-corrected chi connectivity index (χ3v) is 3.14. The molecule has 1 amide bonds. The fourth-order valence-corrected chi connectivity index (χ4v) is 2.15. The molecule has 4 heteroatoms. The highest BCUT2D eigenvalue weighted by Crippen LogP contribution is 2.30. The number of carbonyl (C=O) groups excluding carboxylic acids is 1. The summed E-state index contributed by atoms with van der Waals surface area (Å²) in [4.78, 5) is 13.5. The van der Waals surface area contributed by atoms with Gasteiger partial charge in [0.1, 0.15) is 11.9 Å². The Hall–Kier alpha value is -2.49. The van der Waals surface area contributed by atoms with Crippen molar-refractivity contribution in [1.29, 1.82) is 0 Å². The lowest BCUT2D eigenvalue weighted by Gasteiger charge is -2.12. The molecule has 1 aliphatic rings. The van der Waals surface area contributed by atoms with Gasteiger partial charge in [0.2, 0.25) is 0 Å². The van der Waals surface area contributed by atoms with E-state index in [2.05, 4.69) is 0 Å². The van der Waals surface area contributed by atoms with Gasteiger partial charge < -0.3 is 9.84 Å². The number of benzene rings is 2. The number of carbonyl (C=O) groups is 1. The molecular formula is C15H13NO3. The number of phenols is 1. The van der Waals surface area contributed by atoms with Crippen molar-refractivity contribution in [2.45, 2.75) is 6.10 Å². The first-order valence-corrected chi connectivity index (χ1v) is 6.06. The van der Waals surface area contributed by atoms with Crippen molar-refractivity contribution in [1.82, 2.24) is 0 Å². The van der Waals surface area contributed by atoms with Crippen LogP contribution in [0, 0.1) is 0 Å². The van der Waals surface area contributed by atoms with E-state index in [1.54, 1.807) is 29.2 Å². The summed E-state index contributed by atoms with van der Waals surface area (Å²) in [6.45, 7) is 0.480. The van der Waals surface area contributed by atoms with Crippen molar-refractivity contribution in [2.75, 3.05) is 11.4 Å². The van der Waals surface area contributed by atoms with Crippen molar-refractivity contribution in [3.05, 3.63) is 60.2 Å². The number of cyclic esters (lactones) is 1. The number of aromatic hydroxyl groups is 1. The topological polar surface area (TPSA) is 49.8 Å². The van der Waals surface area contributed by atoms with Gasteiger partial charge >= 0.3 is 6.09 Å². The van der Waals surface area contributed by atoms with Gasteiger partial charge in [-0.25, -0.2) is 4.79 Å². The standard InChI is InChI=1S/C15H13NO3/c17-13-8-6-12(7-9-13)16-10-14(19-15(16)18)11-4-2-1-3-5-11/h1-9,14,17H,10H2/t14-/m0/s1. The normalized spacial score (nSPS) is 18.4. The molecule has 0 bridgehead atoms. The van der Waals surface area contributed by atoms with Crippen LogP contribution in [-0.4, -0.2) is 17.7 Å². The first kappa shape index (κ1) is 11.6. The minimum absolute atomic E-state index is 0.177. The number of nitrogens with zero attached hydrogens (tertiary/aromatic N) is 1. The van der Waals surface area contributed by atoms with Crippen LogP contribution in [0.1, 0.15) is 11.7 Å². The first-order valence-electron chi connectivity index (χ1n) is 6.06. The van der Waals surface area contributed by atoms with E-state index in [9.17, 15) is 9.90 Å². The molecule has 0 spiro atoms. The van der Waals surface area contributed by atoms with E-state index < -0.39 is 0 Å². The molecule has 0 unspecified atom stereocenters. The molecule has 0 aliphatic carbocycles. The number of anilines is 1. The lowest BCUT2D eigenvalue weighted by molar-refractivity contribution is 0.142. The summed E-state index contributed by atoms with van der Waals surface area (Å²) in [5.41, 5.74) is 1.71. The number of hydrogen-bond donors (Lipinski definition) is 1. The van der Waals surface area contributed by atoms with Crippen molar-refractivity contribution < 1.29 is 14.6 Å². The quantitative estimate of drug-likeness (QED) is 0.897. The number of rotatable bonds is 2. The lowest BCUT2D eigenvalue weighted by atomic mass is 10.1. The van der Waals surface area contributed by atoms with Crippen LogP contribution >= 0.6 is 0 Å². The van der Waals surface area contributed by atoms with Crippen molar-refractivity contribution >= 4 is 11.8 Å². The Kier molecular flexibility index (Phi) is 2.83. The molecule has 4 nitrogen and oxygen atoms in total. The second kappa shape index (κ2) is 4.65. The van der Waals surface area contributed by atoms with Crippen LogP contribution in [0.5, 0.6) is 5.75 Å². The summed E-state index contributed by atoms with van der Waals surface area (Å²) in [7, 11) is 0. The lowest BCUT2D eigenvalue weighted by Crippen LogP contribution is -2.23. The van der Waals surface area contributed by atoms with E-state index in [0.717, 1.165) is 11.3 Å². The Morgan fingerprint density at radius 2 is 1.74 bits per heavy atom. The Bertz CT molecular complexity index is 580. The molecule has 96 valence electrons. The van der Waals surface area contributed by atoms with Crippen LogP contribution in [0.3, 0.4) is 0 Å². The Balaban J connectivity index is 1.82. The molecular weight excluding hydrogens is 242 g/mol. The summed E-state index contributed by atoms with van der Waals surface area (Å²) < 4.78 is 5.37. The molecule has 1 fully saturated rings. The van der Waals surface area contributed by atoms with Crippen LogP contribution in [0.4, 0.5) is 10.5 Å². The third kappa shape index (κ3) is 2.25. The van der Waals surface area contributed by atoms with E-state index in [4.69, 9.17) is 4.74 Å². The van der Waals surface area contributed by atoms with Gasteiger partial charge in [-0.15, -0.1) is 0 Å². The van der Waals surface area contributed by atoms with Crippen LogP contribution in [0.2, 0.25) is 0 Å². The van der Waals surface area contributed by atoms with Gasteiger partial charge in [0.25, 0.3) is 0 Å². The zero-order chi connectivity index (χ0) is 13.2. The van der Waals surface area contributed by atoms with Gasteiger partial charge in [0, 0.05) is 5.69 Å². The third-order valence-electron chi connectivity index (χ3n) is 3.14. The maximum Gasteiger partial charge on any atom is 0.415 e. The predicted molar refractivity (Wildman–Crippen MR) is 71.1 cm³/mol. The van der Waals surface area contributed by atoms with Crippen LogP contribution < -0.4 is 4.90 Å². The highest BCUT2D eigenvalue weighted by atomic mass is 16.6. The number of hydrogen-bond acceptors (Lipinski definition) is 3. The van der Waals surface area contributed by atoms with Crippen molar-refractivity contribution in [2.24, 2.45) is 0 Å². The van der Waals surface area contributed by atoms with Crippen LogP contribution in [-0.2, 0) is 4.74 Å². The van der Waals surface area contributed by atoms with Gasteiger partial charge in [-0.1, -0.05) is 30.3 Å². The van der Waals surface area contributed by atoms with E-state index in [1.807, 2.05) is 30.3 Å². The Morgan fingerprint density at radius 3 is 2.42 bits per heavy atom. The van der Waals surface area contributed by atoms with E-state index >= 15 is 0 Å². The summed E-state index contributed by atoms with van der Waals surface area (Å²) in [5.74, 6) is 0.177. The fraction of sp³-hybridized carbons (Fsp3) is 0.133. The summed E-state index contributed by atoms with van der Waals surface area (Å²) in [5, 5.41) is 9.26. The monoisotopic (exact) mass is 255 g/mol. The van der Waals surface area contributed by atoms with Crippen molar-refractivity contribution in [3.8, 4) is 5.75 Å². The zero-order valence-electron chi connectivity index (χ0n) is 10.2. The molecule has 0 saturated carbocycles. The molecule has 1 aliphatic heterocycles. The van der Waals surface area contributed by atoms with Gasteiger partial charge in [0.15, 0.2) is 0 Å². The molecule has 3 rings (SSSR count). The van der Waals surface area contributed by atoms with Crippen molar-refractivity contribution in [3.63, 3.8) is 0 Å². The van der Waals surface area contributed by atoms with E-state index in [-0.39, 0.29) is 17.9 Å². The average molecular weight is 255 g/mol. The summed E-state index contributed by atoms with van der Waals surface area (Å²) >= 11 is 0. The zero-order valence-corrected chi connectivity index (χ0v) is 10.2. The van der Waals surface area contributed by atoms with E-state index in [0.29, 0.717) is 6.54 Å². The highest BCUT2D eigenvalue weighted by molar-refractivity contribution is 5.89. The summed E-state index contributed by atoms with van der Waals surface area (Å²) in [6.07, 6.45) is -0.609. The molecule has 0 aromatic heterocycles. The first-order chi connectivity index (χ1) is 9.24. The van der Waals surface area contributed by atoms with Crippen LogP contribution in [0.25, 0.3) is 0 Å². The SMILES string of the molecule is O=C1O[C@H](c2ccccc2)CN1c1ccc(O)cc1. The molecule has 1 N–H and O–H groups in total. The smallest absolute Gasteiger partial charge is 0.415 e. The molecule has 2 aromatic carbocycles. The number of ether oxygens (including phenoxy) is 1. The number of phenolic OH excluding ortho intramolecular Hbond substituents is 1. The molecule has 1 atom stereocenters. The maximum atomic E-state index is 11.9. The average Bonchev–Trinajstić information content (AvgIpc) is 2.83. The minimum atomic E-state index is -0.362. The predicted octanol–water partition coefficient (Wildman–Crippen LogP) is 3.09. The van der Waals surface area contributed by atoms with Gasteiger partial charge in [0.05, 0.1) is 6.54 Å². The van der Waals surface area contributed by atoms with E-state index in [1.165, 1.54) is 0 Å². The fourth-order valence-electron chi connectivity index (χ4n) is 2.15. The Labute approximate surface area is 110 Å². The highest BCUT2D eigenvalue weighted by Gasteiger charge is 2.33. The molecule has 1 saturated heterocycles. The number of amides is 1. The van der Waals surface area contributed by atoms with Gasteiger partial charge in [-0.3, -0.25) is 4.90 Å². The Morgan fingerprint density at radius 1 is 1.05 bits per heavy atom. The summed E-state index contributed by atoms with van der Waals surface area (Å²) in [6, 6.07) is 16.2. The van der Waals surface area contributed by atoms with Gasteiger partial charge in [-0.05, 0) is 29.8 Å². The van der Waals surface area contributed by atoms with Gasteiger partial charge in [-0.2, -0.15) is 0 Å². The minimum Gasteiger partial charge on any atom is -0.508 e. The largest absolute Gasteiger partial charge is 0.508 e. The molecule has 19 heavy (non-hydrogen) atoms. The second-order valence-corrected chi connectivity index (χ2v) is 4.41. The molecule has 1 heterocycles.